The summed E-state index contributed by atoms with van der Waals surface area (Å²) in [5.41, 5.74) is 0.763. The lowest BCUT2D eigenvalue weighted by atomic mass is 10.2. The smallest absolute Gasteiger partial charge is 0.103 e. The third kappa shape index (κ3) is 1.79. The van der Waals surface area contributed by atoms with E-state index in [2.05, 4.69) is 15.9 Å². The second kappa shape index (κ2) is 3.48. The number of thiophene rings is 1. The van der Waals surface area contributed by atoms with E-state index in [1.54, 1.807) is 6.07 Å². The molecule has 0 aromatic carbocycles. The first-order valence-electron chi connectivity index (χ1n) is 2.77. The molecule has 0 spiro atoms. The molecule has 2 nitrogen and oxygen atoms in total. The molecule has 10 heavy (non-hydrogen) atoms. The van der Waals surface area contributed by atoms with Crippen molar-refractivity contribution in [2.24, 2.45) is 0 Å². The summed E-state index contributed by atoms with van der Waals surface area (Å²) in [5, 5.41) is 19.4. The number of hydrogen-bond acceptors (Lipinski definition) is 3. The van der Waals surface area contributed by atoms with Gasteiger partial charge in [0.25, 0.3) is 0 Å². The Morgan fingerprint density at radius 1 is 1.70 bits per heavy atom. The molecule has 0 aliphatic rings. The van der Waals surface area contributed by atoms with Gasteiger partial charge in [0.15, 0.2) is 0 Å². The molecule has 0 saturated heterocycles. The van der Waals surface area contributed by atoms with Crippen LogP contribution in [0.25, 0.3) is 0 Å². The summed E-state index contributed by atoms with van der Waals surface area (Å²) in [5.74, 6) is 0. The Balaban J connectivity index is 2.74. The minimum Gasteiger partial charge on any atom is -0.393 e. The molecule has 1 unspecified atom stereocenters. The molecule has 4 heteroatoms. The molecule has 0 saturated carbocycles. The fourth-order valence-corrected chi connectivity index (χ4v) is 1.83. The molecule has 0 radical (unpaired) electrons. The van der Waals surface area contributed by atoms with E-state index in [-0.39, 0.29) is 6.61 Å². The second-order valence-electron chi connectivity index (χ2n) is 1.88. The summed E-state index contributed by atoms with van der Waals surface area (Å²) in [6, 6.07) is 1.80. The van der Waals surface area contributed by atoms with E-state index >= 15 is 0 Å². The van der Waals surface area contributed by atoms with Crippen LogP contribution in [0.15, 0.2) is 15.2 Å². The zero-order valence-electron chi connectivity index (χ0n) is 5.12. The summed E-state index contributed by atoms with van der Waals surface area (Å²) in [4.78, 5) is 0. The van der Waals surface area contributed by atoms with Crippen molar-refractivity contribution in [1.82, 2.24) is 0 Å². The molecule has 1 heterocycles. The van der Waals surface area contributed by atoms with Crippen molar-refractivity contribution >= 4 is 27.3 Å². The van der Waals surface area contributed by atoms with Gasteiger partial charge in [-0.15, -0.1) is 11.3 Å². The SMILES string of the molecule is OCC(O)c1csc(Br)c1. The highest BCUT2D eigenvalue weighted by Gasteiger charge is 2.06. The molecule has 0 bridgehead atoms. The van der Waals surface area contributed by atoms with Gasteiger partial charge >= 0.3 is 0 Å². The minimum atomic E-state index is -0.734. The molecule has 56 valence electrons. The van der Waals surface area contributed by atoms with Crippen LogP contribution in [0.2, 0.25) is 0 Å². The van der Waals surface area contributed by atoms with Gasteiger partial charge in [-0.1, -0.05) is 0 Å². The second-order valence-corrected chi connectivity index (χ2v) is 4.17. The zero-order valence-corrected chi connectivity index (χ0v) is 7.52. The third-order valence-electron chi connectivity index (χ3n) is 1.15. The first-order valence-corrected chi connectivity index (χ1v) is 4.44. The van der Waals surface area contributed by atoms with Crippen molar-refractivity contribution in [3.05, 3.63) is 20.8 Å². The van der Waals surface area contributed by atoms with E-state index in [0.717, 1.165) is 9.35 Å². The maximum absolute atomic E-state index is 9.08. The van der Waals surface area contributed by atoms with E-state index < -0.39 is 6.10 Å². The summed E-state index contributed by atoms with van der Waals surface area (Å²) >= 11 is 4.75. The van der Waals surface area contributed by atoms with Crippen molar-refractivity contribution < 1.29 is 10.2 Å². The van der Waals surface area contributed by atoms with E-state index in [0.29, 0.717) is 0 Å². The summed E-state index contributed by atoms with van der Waals surface area (Å²) in [6.45, 7) is -0.219. The lowest BCUT2D eigenvalue weighted by molar-refractivity contribution is 0.0959. The number of aliphatic hydroxyl groups is 2. The lowest BCUT2D eigenvalue weighted by Crippen LogP contribution is -1.99. The van der Waals surface area contributed by atoms with Crippen molar-refractivity contribution in [1.29, 1.82) is 0 Å². The molecule has 2 N–H and O–H groups in total. The zero-order chi connectivity index (χ0) is 7.56. The largest absolute Gasteiger partial charge is 0.393 e. The maximum atomic E-state index is 9.08. The molecule has 0 aliphatic heterocycles. The highest BCUT2D eigenvalue weighted by atomic mass is 79.9. The Hall–Kier alpha value is 0.100. The normalized spacial score (nSPS) is 13.5. The molecular weight excluding hydrogens is 216 g/mol. The van der Waals surface area contributed by atoms with Crippen LogP contribution >= 0.6 is 27.3 Å². The number of hydrogen-bond donors (Lipinski definition) is 2. The quantitative estimate of drug-likeness (QED) is 0.798. The Morgan fingerprint density at radius 3 is 2.80 bits per heavy atom. The van der Waals surface area contributed by atoms with Gasteiger partial charge in [-0.05, 0) is 32.9 Å². The Morgan fingerprint density at radius 2 is 2.40 bits per heavy atom. The Kier molecular flexibility index (Phi) is 2.85. The van der Waals surface area contributed by atoms with Gasteiger partial charge in [0.2, 0.25) is 0 Å². The molecule has 1 aromatic rings. The van der Waals surface area contributed by atoms with Gasteiger partial charge in [0.05, 0.1) is 10.4 Å². The highest BCUT2D eigenvalue weighted by Crippen LogP contribution is 2.24. The van der Waals surface area contributed by atoms with E-state index in [4.69, 9.17) is 10.2 Å². The molecule has 0 amide bonds. The predicted octanol–water partition coefficient (Wildman–Crippen LogP) is 1.54. The molecular formula is C6H7BrO2S. The number of halogens is 1. The molecule has 1 rings (SSSR count). The standard InChI is InChI=1S/C6H7BrO2S/c7-6-1-4(3-10-6)5(9)2-8/h1,3,5,8-9H,2H2. The fourth-order valence-electron chi connectivity index (χ4n) is 0.604. The van der Waals surface area contributed by atoms with Crippen molar-refractivity contribution in [3.63, 3.8) is 0 Å². The van der Waals surface area contributed by atoms with Crippen molar-refractivity contribution in [2.45, 2.75) is 6.10 Å². The van der Waals surface area contributed by atoms with Gasteiger partial charge in [-0.2, -0.15) is 0 Å². The summed E-state index contributed by atoms with van der Waals surface area (Å²) < 4.78 is 0.968. The van der Waals surface area contributed by atoms with Gasteiger partial charge < -0.3 is 10.2 Å². The highest BCUT2D eigenvalue weighted by molar-refractivity contribution is 9.11. The average Bonchev–Trinajstić information content (AvgIpc) is 2.34. The van der Waals surface area contributed by atoms with Crippen LogP contribution < -0.4 is 0 Å². The van der Waals surface area contributed by atoms with Crippen LogP contribution in [0, 0.1) is 0 Å². The Bertz CT molecular complexity index is 211. The third-order valence-corrected chi connectivity index (χ3v) is 2.67. The minimum absolute atomic E-state index is 0.219. The number of aliphatic hydroxyl groups excluding tert-OH is 2. The lowest BCUT2D eigenvalue weighted by Gasteiger charge is -2.01. The number of rotatable bonds is 2. The van der Waals surface area contributed by atoms with Gasteiger partial charge in [-0.3, -0.25) is 0 Å². The van der Waals surface area contributed by atoms with Gasteiger partial charge in [-0.25, -0.2) is 0 Å². The van der Waals surface area contributed by atoms with Crippen molar-refractivity contribution in [3.8, 4) is 0 Å². The van der Waals surface area contributed by atoms with Crippen LogP contribution in [0.3, 0.4) is 0 Å². The summed E-state index contributed by atoms with van der Waals surface area (Å²) in [6.07, 6.45) is -0.734. The van der Waals surface area contributed by atoms with Crippen LogP contribution in [-0.2, 0) is 0 Å². The van der Waals surface area contributed by atoms with E-state index in [1.807, 2.05) is 5.38 Å². The monoisotopic (exact) mass is 222 g/mol. The first kappa shape index (κ1) is 8.20. The fraction of sp³-hybridized carbons (Fsp3) is 0.333. The van der Waals surface area contributed by atoms with Gasteiger partial charge in [0.1, 0.15) is 6.10 Å². The van der Waals surface area contributed by atoms with Crippen LogP contribution in [0.1, 0.15) is 11.7 Å². The van der Waals surface area contributed by atoms with Gasteiger partial charge in [0, 0.05) is 0 Å². The van der Waals surface area contributed by atoms with Crippen LogP contribution in [-0.4, -0.2) is 16.8 Å². The Labute approximate surface area is 71.3 Å². The van der Waals surface area contributed by atoms with Crippen LogP contribution in [0.4, 0.5) is 0 Å². The van der Waals surface area contributed by atoms with Crippen LogP contribution in [0.5, 0.6) is 0 Å². The topological polar surface area (TPSA) is 40.5 Å². The molecule has 1 aromatic heterocycles. The maximum Gasteiger partial charge on any atom is 0.103 e. The average molecular weight is 223 g/mol. The first-order chi connectivity index (χ1) is 4.74. The predicted molar refractivity (Wildman–Crippen MR) is 44.1 cm³/mol. The van der Waals surface area contributed by atoms with E-state index in [9.17, 15) is 0 Å². The molecule has 0 fully saturated rings. The molecule has 1 atom stereocenters. The summed E-state index contributed by atoms with van der Waals surface area (Å²) in [7, 11) is 0. The van der Waals surface area contributed by atoms with Crippen molar-refractivity contribution in [2.75, 3.05) is 6.61 Å². The van der Waals surface area contributed by atoms with E-state index in [1.165, 1.54) is 11.3 Å². The molecule has 0 aliphatic carbocycles.